The minimum Gasteiger partial charge on any atom is -0.496 e. The van der Waals surface area contributed by atoms with E-state index in [0.29, 0.717) is 32.6 Å². The van der Waals surface area contributed by atoms with Crippen LogP contribution in [0.1, 0.15) is 0 Å². The number of para-hydroxylation sites is 2. The number of carbonyl (C=O) groups excluding carboxylic acids is 1. The maximum absolute atomic E-state index is 12.7. The first-order valence-electron chi connectivity index (χ1n) is 10.4. The Labute approximate surface area is 213 Å². The van der Waals surface area contributed by atoms with Gasteiger partial charge in [0.25, 0.3) is 0 Å². The van der Waals surface area contributed by atoms with Gasteiger partial charge in [-0.2, -0.15) is 0 Å². The summed E-state index contributed by atoms with van der Waals surface area (Å²) in [5.74, 6) is 1.64. The Kier molecular flexibility index (Phi) is 6.84. The van der Waals surface area contributed by atoms with Crippen LogP contribution in [0.15, 0.2) is 81.9 Å². The van der Waals surface area contributed by atoms with Gasteiger partial charge in [0.15, 0.2) is 16.0 Å². The summed E-state index contributed by atoms with van der Waals surface area (Å²) in [6, 6.07) is 18.5. The zero-order chi connectivity index (χ0) is 24.2. The Morgan fingerprint density at radius 1 is 1.14 bits per heavy atom. The van der Waals surface area contributed by atoms with Gasteiger partial charge in [0.1, 0.15) is 5.75 Å². The molecule has 1 N–H and O–H groups in total. The molecule has 176 valence electrons. The fourth-order valence-electron chi connectivity index (χ4n) is 3.38. The van der Waals surface area contributed by atoms with Crippen LogP contribution in [0.2, 0.25) is 5.02 Å². The normalized spacial score (nSPS) is 10.9. The summed E-state index contributed by atoms with van der Waals surface area (Å²) < 4.78 is 12.7. The second kappa shape index (κ2) is 10.3. The Morgan fingerprint density at radius 2 is 1.97 bits per heavy atom. The number of rotatable bonds is 8. The van der Waals surface area contributed by atoms with Gasteiger partial charge in [0, 0.05) is 10.9 Å². The van der Waals surface area contributed by atoms with E-state index in [1.54, 1.807) is 36.1 Å². The van der Waals surface area contributed by atoms with Crippen LogP contribution in [0.3, 0.4) is 0 Å². The molecule has 3 aromatic heterocycles. The minimum absolute atomic E-state index is 0.102. The van der Waals surface area contributed by atoms with Gasteiger partial charge in [-0.05, 0) is 36.4 Å². The Hall–Kier alpha value is -3.60. The fourth-order valence-corrected chi connectivity index (χ4v) is 5.07. The molecule has 0 spiro atoms. The number of amides is 1. The van der Waals surface area contributed by atoms with Gasteiger partial charge in [-0.3, -0.25) is 9.36 Å². The van der Waals surface area contributed by atoms with E-state index in [0.717, 1.165) is 17.0 Å². The number of nitrogens with zero attached hydrogens (tertiary/aromatic N) is 4. The minimum atomic E-state index is -0.218. The van der Waals surface area contributed by atoms with Crippen molar-refractivity contribution in [1.29, 1.82) is 0 Å². The number of benzene rings is 2. The summed E-state index contributed by atoms with van der Waals surface area (Å²) >= 11 is 9.04. The van der Waals surface area contributed by atoms with E-state index >= 15 is 0 Å². The molecule has 35 heavy (non-hydrogen) atoms. The van der Waals surface area contributed by atoms with Gasteiger partial charge < -0.3 is 14.5 Å². The van der Waals surface area contributed by atoms with Crippen LogP contribution in [0, 0.1) is 0 Å². The standard InChI is InChI=1S/C24H18ClN5O3S2/c1-32-19-10-5-2-7-15(19)17-13-34-23(26-17)27-21(31)14-35-24-29-28-22(20-11-6-12-33-20)30(24)18-9-4-3-8-16(18)25/h2-13H,14H2,1H3,(H,26,27,31). The summed E-state index contributed by atoms with van der Waals surface area (Å²) in [5.41, 5.74) is 2.28. The van der Waals surface area contributed by atoms with Gasteiger partial charge in [0.05, 0.1) is 35.5 Å². The Balaban J connectivity index is 1.33. The van der Waals surface area contributed by atoms with Gasteiger partial charge in [0.2, 0.25) is 11.7 Å². The number of hydrogen-bond acceptors (Lipinski definition) is 8. The number of thioether (sulfide) groups is 1. The van der Waals surface area contributed by atoms with Crippen molar-refractivity contribution in [2.24, 2.45) is 0 Å². The summed E-state index contributed by atoms with van der Waals surface area (Å²) in [5, 5.41) is 14.8. The maximum Gasteiger partial charge on any atom is 0.236 e. The van der Waals surface area contributed by atoms with Gasteiger partial charge in [-0.25, -0.2) is 4.98 Å². The predicted molar refractivity (Wildman–Crippen MR) is 138 cm³/mol. The van der Waals surface area contributed by atoms with Crippen LogP contribution in [0.4, 0.5) is 5.13 Å². The molecular formula is C24H18ClN5O3S2. The van der Waals surface area contributed by atoms with Crippen LogP contribution in [0.25, 0.3) is 28.5 Å². The van der Waals surface area contributed by atoms with Crippen molar-refractivity contribution < 1.29 is 13.9 Å². The van der Waals surface area contributed by atoms with Gasteiger partial charge >= 0.3 is 0 Å². The molecule has 0 aliphatic heterocycles. The number of nitrogens with one attached hydrogen (secondary N) is 1. The molecule has 0 aliphatic carbocycles. The Bertz CT molecular complexity index is 1470. The number of ether oxygens (including phenoxy) is 1. The molecule has 8 nitrogen and oxygen atoms in total. The molecule has 11 heteroatoms. The molecule has 5 rings (SSSR count). The second-order valence-corrected chi connectivity index (χ2v) is 9.35. The van der Waals surface area contributed by atoms with Gasteiger partial charge in [-0.1, -0.05) is 47.6 Å². The highest BCUT2D eigenvalue weighted by molar-refractivity contribution is 7.99. The summed E-state index contributed by atoms with van der Waals surface area (Å²) in [7, 11) is 1.61. The number of thiazole rings is 1. The van der Waals surface area contributed by atoms with Gasteiger partial charge in [-0.15, -0.1) is 21.5 Å². The smallest absolute Gasteiger partial charge is 0.236 e. The van der Waals surface area contributed by atoms with Crippen molar-refractivity contribution in [1.82, 2.24) is 19.7 Å². The first kappa shape index (κ1) is 23.2. The van der Waals surface area contributed by atoms with Crippen LogP contribution < -0.4 is 10.1 Å². The van der Waals surface area contributed by atoms with Crippen LogP contribution in [0.5, 0.6) is 5.75 Å². The molecule has 0 unspecified atom stereocenters. The largest absolute Gasteiger partial charge is 0.496 e. The molecule has 1 amide bonds. The quantitative estimate of drug-likeness (QED) is 0.247. The molecule has 5 aromatic rings. The number of carbonyl (C=O) groups is 1. The van der Waals surface area contributed by atoms with Crippen molar-refractivity contribution in [3.63, 3.8) is 0 Å². The molecule has 0 bridgehead atoms. The number of anilines is 1. The van der Waals surface area contributed by atoms with Crippen molar-refractivity contribution in [2.75, 3.05) is 18.2 Å². The molecule has 0 saturated heterocycles. The average molecular weight is 524 g/mol. The van der Waals surface area contributed by atoms with Crippen LogP contribution >= 0.6 is 34.7 Å². The second-order valence-electron chi connectivity index (χ2n) is 7.15. The molecule has 0 aliphatic rings. The average Bonchev–Trinajstić information content (AvgIpc) is 3.64. The van der Waals surface area contributed by atoms with E-state index in [4.69, 9.17) is 20.8 Å². The van der Waals surface area contributed by atoms with Crippen LogP contribution in [-0.4, -0.2) is 38.5 Å². The molecule has 3 heterocycles. The van der Waals surface area contributed by atoms with E-state index < -0.39 is 0 Å². The maximum atomic E-state index is 12.7. The first-order valence-corrected chi connectivity index (χ1v) is 12.6. The third-order valence-corrected chi connectivity index (χ3v) is 6.94. The highest BCUT2D eigenvalue weighted by Gasteiger charge is 2.21. The third kappa shape index (κ3) is 4.95. The van der Waals surface area contributed by atoms with Crippen molar-refractivity contribution >= 4 is 45.7 Å². The number of halogens is 1. The monoisotopic (exact) mass is 523 g/mol. The molecule has 0 saturated carbocycles. The summed E-state index contributed by atoms with van der Waals surface area (Å²) in [6.07, 6.45) is 1.56. The lowest BCUT2D eigenvalue weighted by molar-refractivity contribution is -0.113. The van der Waals surface area contributed by atoms with Crippen molar-refractivity contribution in [3.8, 4) is 34.3 Å². The van der Waals surface area contributed by atoms with E-state index in [1.165, 1.54) is 23.1 Å². The number of hydrogen-bond donors (Lipinski definition) is 1. The van der Waals surface area contributed by atoms with Crippen molar-refractivity contribution in [3.05, 3.63) is 77.3 Å². The van der Waals surface area contributed by atoms with E-state index in [-0.39, 0.29) is 11.7 Å². The number of aromatic nitrogens is 4. The fraction of sp³-hybridized carbons (Fsp3) is 0.0833. The highest BCUT2D eigenvalue weighted by atomic mass is 35.5. The van der Waals surface area contributed by atoms with E-state index in [1.807, 2.05) is 47.8 Å². The highest BCUT2D eigenvalue weighted by Crippen LogP contribution is 2.33. The lowest BCUT2D eigenvalue weighted by Gasteiger charge is -2.10. The lowest BCUT2D eigenvalue weighted by Crippen LogP contribution is -2.14. The first-order chi connectivity index (χ1) is 17.1. The predicted octanol–water partition coefficient (Wildman–Crippen LogP) is 6.04. The zero-order valence-electron chi connectivity index (χ0n) is 18.3. The zero-order valence-corrected chi connectivity index (χ0v) is 20.7. The molecule has 2 aromatic carbocycles. The molecule has 0 fully saturated rings. The topological polar surface area (TPSA) is 95.1 Å². The van der Waals surface area contributed by atoms with Crippen LogP contribution in [-0.2, 0) is 4.79 Å². The molecular weight excluding hydrogens is 506 g/mol. The van der Waals surface area contributed by atoms with E-state index in [9.17, 15) is 4.79 Å². The third-order valence-electron chi connectivity index (χ3n) is 4.93. The Morgan fingerprint density at radius 3 is 2.77 bits per heavy atom. The molecule has 0 atom stereocenters. The number of furan rings is 1. The molecule has 0 radical (unpaired) electrons. The van der Waals surface area contributed by atoms with E-state index in [2.05, 4.69) is 20.5 Å². The van der Waals surface area contributed by atoms with Crippen molar-refractivity contribution in [2.45, 2.75) is 5.16 Å². The summed E-state index contributed by atoms with van der Waals surface area (Å²) in [4.78, 5) is 17.2. The lowest BCUT2D eigenvalue weighted by atomic mass is 10.1. The SMILES string of the molecule is COc1ccccc1-c1csc(NC(=O)CSc2nnc(-c3ccco3)n2-c2ccccc2Cl)n1. The number of methoxy groups -OCH3 is 1. The summed E-state index contributed by atoms with van der Waals surface area (Å²) in [6.45, 7) is 0.